The maximum absolute atomic E-state index is 12.0. The number of amides is 1. The number of halogens is 2. The van der Waals surface area contributed by atoms with E-state index in [9.17, 15) is 14.4 Å². The standard InChI is InChI=1S/C12H11Br2NO5/c13-6-1-2-7(8(14)5-6)11(18)15-9(12(19)20)3-4-10(16)17/h1-2,5,9H,3-4H2,(H,15,18)(H,16,17)(H,19,20)/t9-/m0/s1. The van der Waals surface area contributed by atoms with E-state index in [2.05, 4.69) is 37.2 Å². The fourth-order valence-electron chi connectivity index (χ4n) is 1.43. The van der Waals surface area contributed by atoms with Crippen LogP contribution in [0.2, 0.25) is 0 Å². The highest BCUT2D eigenvalue weighted by atomic mass is 79.9. The lowest BCUT2D eigenvalue weighted by Crippen LogP contribution is -2.41. The Balaban J connectivity index is 2.80. The molecule has 8 heteroatoms. The normalized spacial score (nSPS) is 11.7. The number of carboxylic acids is 2. The zero-order chi connectivity index (χ0) is 15.3. The molecule has 0 bridgehead atoms. The Morgan fingerprint density at radius 1 is 1.20 bits per heavy atom. The maximum Gasteiger partial charge on any atom is 0.326 e. The van der Waals surface area contributed by atoms with Crippen molar-refractivity contribution >= 4 is 49.7 Å². The molecule has 0 saturated heterocycles. The Hall–Kier alpha value is -1.41. The number of aliphatic carboxylic acids is 2. The van der Waals surface area contributed by atoms with E-state index in [1.165, 1.54) is 6.07 Å². The minimum absolute atomic E-state index is 0.176. The zero-order valence-electron chi connectivity index (χ0n) is 10.1. The summed E-state index contributed by atoms with van der Waals surface area (Å²) in [5.41, 5.74) is 0.273. The summed E-state index contributed by atoms with van der Waals surface area (Å²) < 4.78 is 1.27. The SMILES string of the molecule is O=C(O)CC[C@H](NC(=O)c1ccc(Br)cc1Br)C(=O)O. The van der Waals surface area contributed by atoms with Crippen LogP contribution in [0.15, 0.2) is 27.1 Å². The molecule has 0 aliphatic heterocycles. The van der Waals surface area contributed by atoms with Crippen molar-refractivity contribution in [3.63, 3.8) is 0 Å². The molecule has 0 unspecified atom stereocenters. The molecule has 108 valence electrons. The van der Waals surface area contributed by atoms with Gasteiger partial charge in [-0.1, -0.05) is 15.9 Å². The molecule has 1 rings (SSSR count). The highest BCUT2D eigenvalue weighted by Gasteiger charge is 2.22. The second-order valence-corrected chi connectivity index (χ2v) is 5.69. The Morgan fingerprint density at radius 2 is 1.85 bits per heavy atom. The molecule has 0 fully saturated rings. The Bertz CT molecular complexity index is 547. The predicted octanol–water partition coefficient (Wildman–Crippen LogP) is 2.26. The van der Waals surface area contributed by atoms with Gasteiger partial charge in [-0.15, -0.1) is 0 Å². The van der Waals surface area contributed by atoms with Gasteiger partial charge in [-0.05, 0) is 40.5 Å². The molecule has 1 amide bonds. The van der Waals surface area contributed by atoms with Gasteiger partial charge < -0.3 is 15.5 Å². The number of hydrogen-bond acceptors (Lipinski definition) is 3. The molecule has 1 aromatic carbocycles. The van der Waals surface area contributed by atoms with Crippen molar-refractivity contribution in [2.24, 2.45) is 0 Å². The summed E-state index contributed by atoms with van der Waals surface area (Å²) >= 11 is 6.44. The van der Waals surface area contributed by atoms with Crippen molar-refractivity contribution < 1.29 is 24.6 Å². The van der Waals surface area contributed by atoms with Crippen molar-refractivity contribution in [2.45, 2.75) is 18.9 Å². The molecule has 6 nitrogen and oxygen atoms in total. The van der Waals surface area contributed by atoms with Crippen LogP contribution >= 0.6 is 31.9 Å². The second kappa shape index (κ2) is 7.39. The van der Waals surface area contributed by atoms with Gasteiger partial charge in [-0.2, -0.15) is 0 Å². The largest absolute Gasteiger partial charge is 0.481 e. The molecule has 0 aliphatic rings. The Morgan fingerprint density at radius 3 is 2.35 bits per heavy atom. The molecular formula is C12H11Br2NO5. The fraction of sp³-hybridized carbons (Fsp3) is 0.250. The smallest absolute Gasteiger partial charge is 0.326 e. The van der Waals surface area contributed by atoms with Crippen LogP contribution in [-0.2, 0) is 9.59 Å². The third-order valence-corrected chi connectivity index (χ3v) is 3.58. The predicted molar refractivity (Wildman–Crippen MR) is 77.6 cm³/mol. The number of rotatable bonds is 6. The number of hydrogen-bond donors (Lipinski definition) is 3. The van der Waals surface area contributed by atoms with Crippen molar-refractivity contribution in [2.75, 3.05) is 0 Å². The van der Waals surface area contributed by atoms with Crippen molar-refractivity contribution in [1.82, 2.24) is 5.32 Å². The van der Waals surface area contributed by atoms with Gasteiger partial charge in [0.05, 0.1) is 5.56 Å². The van der Waals surface area contributed by atoms with E-state index in [1.807, 2.05) is 0 Å². The van der Waals surface area contributed by atoms with E-state index in [1.54, 1.807) is 12.1 Å². The van der Waals surface area contributed by atoms with Crippen molar-refractivity contribution in [3.05, 3.63) is 32.7 Å². The first-order valence-corrected chi connectivity index (χ1v) is 7.10. The van der Waals surface area contributed by atoms with Crippen LogP contribution in [0.25, 0.3) is 0 Å². The van der Waals surface area contributed by atoms with Gasteiger partial charge in [0, 0.05) is 15.4 Å². The fourth-order valence-corrected chi connectivity index (χ4v) is 2.66. The summed E-state index contributed by atoms with van der Waals surface area (Å²) in [7, 11) is 0. The number of nitrogens with one attached hydrogen (secondary N) is 1. The average Bonchev–Trinajstić information content (AvgIpc) is 2.33. The highest BCUT2D eigenvalue weighted by Crippen LogP contribution is 2.22. The summed E-state index contributed by atoms with van der Waals surface area (Å²) in [5, 5.41) is 19.8. The van der Waals surface area contributed by atoms with E-state index in [0.29, 0.717) is 4.47 Å². The van der Waals surface area contributed by atoms with Crippen LogP contribution in [0.1, 0.15) is 23.2 Å². The zero-order valence-corrected chi connectivity index (χ0v) is 13.3. The van der Waals surface area contributed by atoms with Gasteiger partial charge in [-0.3, -0.25) is 9.59 Å². The lowest BCUT2D eigenvalue weighted by atomic mass is 10.1. The first-order chi connectivity index (χ1) is 9.31. The van der Waals surface area contributed by atoms with Crippen LogP contribution in [0.4, 0.5) is 0 Å². The highest BCUT2D eigenvalue weighted by molar-refractivity contribution is 9.11. The lowest BCUT2D eigenvalue weighted by Gasteiger charge is -2.14. The second-order valence-electron chi connectivity index (χ2n) is 3.92. The minimum Gasteiger partial charge on any atom is -0.481 e. The van der Waals surface area contributed by atoms with Crippen LogP contribution < -0.4 is 5.32 Å². The molecule has 0 saturated carbocycles. The summed E-state index contributed by atoms with van der Waals surface area (Å²) in [6.07, 6.45) is -0.511. The molecule has 20 heavy (non-hydrogen) atoms. The van der Waals surface area contributed by atoms with E-state index >= 15 is 0 Å². The molecule has 0 aliphatic carbocycles. The van der Waals surface area contributed by atoms with Crippen LogP contribution in [0.5, 0.6) is 0 Å². The van der Waals surface area contributed by atoms with Gasteiger partial charge in [0.2, 0.25) is 0 Å². The first-order valence-electron chi connectivity index (χ1n) is 5.51. The number of carbonyl (C=O) groups excluding carboxylic acids is 1. The van der Waals surface area contributed by atoms with Crippen molar-refractivity contribution in [3.8, 4) is 0 Å². The van der Waals surface area contributed by atoms with Crippen LogP contribution in [-0.4, -0.2) is 34.1 Å². The van der Waals surface area contributed by atoms with Gasteiger partial charge >= 0.3 is 11.9 Å². The summed E-state index contributed by atoms with van der Waals surface area (Å²) in [6.45, 7) is 0. The van der Waals surface area contributed by atoms with E-state index in [0.717, 1.165) is 4.47 Å². The molecule has 0 aromatic heterocycles. The van der Waals surface area contributed by atoms with Crippen LogP contribution in [0.3, 0.4) is 0 Å². The van der Waals surface area contributed by atoms with Crippen molar-refractivity contribution in [1.29, 1.82) is 0 Å². The molecule has 3 N–H and O–H groups in total. The topological polar surface area (TPSA) is 104 Å². The summed E-state index contributed by atoms with van der Waals surface area (Å²) in [5.74, 6) is -2.97. The lowest BCUT2D eigenvalue weighted by molar-refractivity contribution is -0.140. The van der Waals surface area contributed by atoms with E-state index in [4.69, 9.17) is 10.2 Å². The van der Waals surface area contributed by atoms with Gasteiger partial charge in [0.25, 0.3) is 5.91 Å². The first kappa shape index (κ1) is 16.6. The molecule has 0 radical (unpaired) electrons. The minimum atomic E-state index is -1.27. The molecule has 0 spiro atoms. The van der Waals surface area contributed by atoms with E-state index < -0.39 is 23.9 Å². The average molecular weight is 409 g/mol. The van der Waals surface area contributed by atoms with Crippen LogP contribution in [0, 0.1) is 0 Å². The molecule has 1 aromatic rings. The van der Waals surface area contributed by atoms with Gasteiger partial charge in [-0.25, -0.2) is 4.79 Å². The maximum atomic E-state index is 12.0. The monoisotopic (exact) mass is 407 g/mol. The third-order valence-electron chi connectivity index (χ3n) is 2.43. The summed E-state index contributed by atoms with van der Waals surface area (Å²) in [6, 6.07) is 3.59. The van der Waals surface area contributed by atoms with Gasteiger partial charge in [0.1, 0.15) is 6.04 Å². The van der Waals surface area contributed by atoms with E-state index in [-0.39, 0.29) is 18.4 Å². The number of benzene rings is 1. The molecule has 1 atom stereocenters. The summed E-state index contributed by atoms with van der Waals surface area (Å²) in [4.78, 5) is 33.4. The number of carboxylic acid groups (broad SMARTS) is 2. The quantitative estimate of drug-likeness (QED) is 0.669. The Labute approximate surface area is 131 Å². The molecular weight excluding hydrogens is 398 g/mol. The number of carbonyl (C=O) groups is 3. The third kappa shape index (κ3) is 4.93. The van der Waals surface area contributed by atoms with Gasteiger partial charge in [0.15, 0.2) is 0 Å². The Kier molecular flexibility index (Phi) is 6.15. The molecule has 0 heterocycles.